The Morgan fingerprint density at radius 1 is 1.26 bits per heavy atom. The summed E-state index contributed by atoms with van der Waals surface area (Å²) in [6.45, 7) is 2.06. The Bertz CT molecular complexity index is 737. The Kier molecular flexibility index (Phi) is 2.83. The fourth-order valence-electron chi connectivity index (χ4n) is 2.07. The lowest BCUT2D eigenvalue weighted by Crippen LogP contribution is -2.15. The van der Waals surface area contributed by atoms with Crippen LogP contribution in [0.15, 0.2) is 36.7 Å². The van der Waals surface area contributed by atoms with E-state index in [1.54, 1.807) is 10.6 Å². The van der Waals surface area contributed by atoms with Crippen LogP contribution in [0.1, 0.15) is 5.56 Å². The number of aromatic nitrogens is 4. The van der Waals surface area contributed by atoms with Gasteiger partial charge in [-0.05, 0) is 18.6 Å². The maximum Gasteiger partial charge on any atom is 0.255 e. The maximum absolute atomic E-state index is 6.03. The second-order valence-corrected chi connectivity index (χ2v) is 4.64. The zero-order valence-electron chi connectivity index (χ0n) is 10.6. The molecule has 0 radical (unpaired) electrons. The molecule has 19 heavy (non-hydrogen) atoms. The summed E-state index contributed by atoms with van der Waals surface area (Å²) in [5.74, 6) is 1.31. The number of fused-ring (bicyclic) bond motifs is 1. The predicted octanol–water partition coefficient (Wildman–Crippen LogP) is 2.85. The lowest BCUT2D eigenvalue weighted by Gasteiger charge is -2.21. The molecular weight excluding hydrogens is 262 g/mol. The minimum atomic E-state index is 0.399. The van der Waals surface area contributed by atoms with Crippen LogP contribution in [0.5, 0.6) is 0 Å². The van der Waals surface area contributed by atoms with Crippen LogP contribution >= 0.6 is 11.6 Å². The molecule has 3 aromatic rings. The highest BCUT2D eigenvalue weighted by molar-refractivity contribution is 6.29. The van der Waals surface area contributed by atoms with Gasteiger partial charge in [0.1, 0.15) is 17.3 Å². The Morgan fingerprint density at radius 2 is 2.05 bits per heavy atom. The number of benzene rings is 1. The number of hydrogen-bond acceptors (Lipinski definition) is 4. The molecule has 2 aromatic heterocycles. The first-order chi connectivity index (χ1) is 9.16. The number of halogens is 1. The molecule has 6 heteroatoms. The first kappa shape index (κ1) is 11.9. The van der Waals surface area contributed by atoms with Crippen LogP contribution in [0.4, 0.5) is 11.5 Å². The van der Waals surface area contributed by atoms with Gasteiger partial charge < -0.3 is 4.90 Å². The van der Waals surface area contributed by atoms with Crippen LogP contribution in [0, 0.1) is 6.92 Å². The molecule has 0 saturated carbocycles. The van der Waals surface area contributed by atoms with Crippen LogP contribution in [-0.4, -0.2) is 26.6 Å². The lowest BCUT2D eigenvalue weighted by atomic mass is 10.2. The largest absolute Gasteiger partial charge is 0.329 e. The summed E-state index contributed by atoms with van der Waals surface area (Å²) in [6, 6.07) is 9.90. The SMILES string of the molecule is Cc1ccccc1N(C)c1cc(Cl)nc2ncnn12. The average molecular weight is 274 g/mol. The number of para-hydroxylation sites is 1. The van der Waals surface area contributed by atoms with E-state index in [1.165, 1.54) is 11.9 Å². The van der Waals surface area contributed by atoms with Gasteiger partial charge in [0.2, 0.25) is 0 Å². The van der Waals surface area contributed by atoms with E-state index in [1.807, 2.05) is 30.1 Å². The Labute approximate surface area is 115 Å². The molecule has 0 aliphatic carbocycles. The molecule has 0 fully saturated rings. The summed E-state index contributed by atoms with van der Waals surface area (Å²) in [5, 5.41) is 4.58. The van der Waals surface area contributed by atoms with Crippen molar-refractivity contribution in [3.8, 4) is 0 Å². The minimum Gasteiger partial charge on any atom is -0.329 e. The molecule has 2 heterocycles. The first-order valence-electron chi connectivity index (χ1n) is 5.82. The second-order valence-electron chi connectivity index (χ2n) is 4.25. The van der Waals surface area contributed by atoms with Gasteiger partial charge in [0.15, 0.2) is 0 Å². The summed E-state index contributed by atoms with van der Waals surface area (Å²) in [6.07, 6.45) is 1.47. The van der Waals surface area contributed by atoms with Crippen molar-refractivity contribution in [2.45, 2.75) is 6.92 Å². The Hall–Kier alpha value is -2.14. The highest BCUT2D eigenvalue weighted by Gasteiger charge is 2.13. The zero-order chi connectivity index (χ0) is 13.4. The first-order valence-corrected chi connectivity index (χ1v) is 6.20. The normalized spacial score (nSPS) is 10.9. The molecule has 3 rings (SSSR count). The molecule has 0 unspecified atom stereocenters. The van der Waals surface area contributed by atoms with Gasteiger partial charge in [0.05, 0.1) is 0 Å². The van der Waals surface area contributed by atoms with Gasteiger partial charge in [-0.3, -0.25) is 0 Å². The molecule has 0 bridgehead atoms. The van der Waals surface area contributed by atoms with E-state index < -0.39 is 0 Å². The maximum atomic E-state index is 6.03. The number of hydrogen-bond donors (Lipinski definition) is 0. The zero-order valence-corrected chi connectivity index (χ0v) is 11.3. The molecule has 0 aliphatic rings. The topological polar surface area (TPSA) is 46.3 Å². The van der Waals surface area contributed by atoms with Gasteiger partial charge in [-0.1, -0.05) is 29.8 Å². The van der Waals surface area contributed by atoms with E-state index >= 15 is 0 Å². The van der Waals surface area contributed by atoms with Gasteiger partial charge in [0.25, 0.3) is 5.78 Å². The molecule has 0 atom stereocenters. The van der Waals surface area contributed by atoms with Gasteiger partial charge in [-0.15, -0.1) is 0 Å². The molecule has 1 aromatic carbocycles. The van der Waals surface area contributed by atoms with E-state index in [-0.39, 0.29) is 0 Å². The molecule has 5 nitrogen and oxygen atoms in total. The fourth-order valence-corrected chi connectivity index (χ4v) is 2.24. The summed E-state index contributed by atoms with van der Waals surface area (Å²) >= 11 is 6.03. The van der Waals surface area contributed by atoms with Crippen molar-refractivity contribution >= 4 is 28.9 Å². The van der Waals surface area contributed by atoms with Crippen LogP contribution in [0.3, 0.4) is 0 Å². The predicted molar refractivity (Wildman–Crippen MR) is 75.0 cm³/mol. The van der Waals surface area contributed by atoms with E-state index in [0.29, 0.717) is 10.9 Å². The van der Waals surface area contributed by atoms with Gasteiger partial charge >= 0.3 is 0 Å². The quantitative estimate of drug-likeness (QED) is 0.674. The van der Waals surface area contributed by atoms with Crippen LogP contribution in [0.2, 0.25) is 5.15 Å². The highest BCUT2D eigenvalue weighted by Crippen LogP contribution is 2.27. The monoisotopic (exact) mass is 273 g/mol. The standard InChI is InChI=1S/C13H12ClN5/c1-9-5-3-4-6-10(9)18(2)12-7-11(14)17-13-15-8-16-19(12)13/h3-8H,1-2H3. The van der Waals surface area contributed by atoms with Crippen molar-refractivity contribution in [3.05, 3.63) is 47.4 Å². The van der Waals surface area contributed by atoms with E-state index in [4.69, 9.17) is 11.6 Å². The van der Waals surface area contributed by atoms with Crippen molar-refractivity contribution in [3.63, 3.8) is 0 Å². The third-order valence-electron chi connectivity index (χ3n) is 3.02. The van der Waals surface area contributed by atoms with Crippen LogP contribution in [0.25, 0.3) is 5.78 Å². The van der Waals surface area contributed by atoms with Crippen LogP contribution in [-0.2, 0) is 0 Å². The Morgan fingerprint density at radius 3 is 2.84 bits per heavy atom. The summed E-state index contributed by atoms with van der Waals surface area (Å²) in [7, 11) is 1.97. The number of nitrogens with zero attached hydrogens (tertiary/aromatic N) is 5. The van der Waals surface area contributed by atoms with Gasteiger partial charge in [-0.25, -0.2) is 0 Å². The van der Waals surface area contributed by atoms with E-state index in [0.717, 1.165) is 11.5 Å². The lowest BCUT2D eigenvalue weighted by molar-refractivity contribution is 0.910. The molecule has 0 spiro atoms. The number of anilines is 2. The third kappa shape index (κ3) is 2.02. The molecule has 0 N–H and O–H groups in total. The molecule has 0 aliphatic heterocycles. The third-order valence-corrected chi connectivity index (χ3v) is 3.22. The number of aryl methyl sites for hydroxylation is 1. The Balaban J connectivity index is 2.19. The summed E-state index contributed by atoms with van der Waals surface area (Å²) in [4.78, 5) is 10.2. The highest BCUT2D eigenvalue weighted by atomic mass is 35.5. The van der Waals surface area contributed by atoms with Crippen molar-refractivity contribution in [2.75, 3.05) is 11.9 Å². The molecule has 0 saturated heterocycles. The second kappa shape index (κ2) is 4.51. The molecular formula is C13H12ClN5. The van der Waals surface area contributed by atoms with Gasteiger partial charge in [0, 0.05) is 18.8 Å². The number of rotatable bonds is 2. The minimum absolute atomic E-state index is 0.399. The summed E-state index contributed by atoms with van der Waals surface area (Å²) in [5.41, 5.74) is 2.26. The van der Waals surface area contributed by atoms with Gasteiger partial charge in [-0.2, -0.15) is 19.6 Å². The van der Waals surface area contributed by atoms with Crippen molar-refractivity contribution < 1.29 is 0 Å². The van der Waals surface area contributed by atoms with E-state index in [9.17, 15) is 0 Å². The smallest absolute Gasteiger partial charge is 0.255 e. The molecule has 96 valence electrons. The van der Waals surface area contributed by atoms with Crippen molar-refractivity contribution in [2.24, 2.45) is 0 Å². The fraction of sp³-hybridized carbons (Fsp3) is 0.154. The summed E-state index contributed by atoms with van der Waals surface area (Å²) < 4.78 is 1.66. The van der Waals surface area contributed by atoms with Crippen molar-refractivity contribution in [1.29, 1.82) is 0 Å². The average Bonchev–Trinajstić information content (AvgIpc) is 2.85. The van der Waals surface area contributed by atoms with E-state index in [2.05, 4.69) is 28.1 Å². The molecule has 0 amide bonds. The van der Waals surface area contributed by atoms with Crippen molar-refractivity contribution in [1.82, 2.24) is 19.6 Å². The van der Waals surface area contributed by atoms with Crippen LogP contribution < -0.4 is 4.90 Å².